The summed E-state index contributed by atoms with van der Waals surface area (Å²) in [5.41, 5.74) is 0. The molecule has 1 aliphatic heterocycles. The monoisotopic (exact) mass is 228 g/mol. The number of hydrogen-bond donors (Lipinski definition) is 1. The van der Waals surface area contributed by atoms with Crippen LogP contribution in [0.25, 0.3) is 0 Å². The van der Waals surface area contributed by atoms with Gasteiger partial charge in [0.15, 0.2) is 0 Å². The lowest BCUT2D eigenvalue weighted by Gasteiger charge is -2.29. The van der Waals surface area contributed by atoms with E-state index in [0.717, 1.165) is 13.0 Å². The number of likely N-dealkylation sites (N-methyl/N-ethyl adjacent to an activating group) is 2. The number of hydrogen-bond acceptors (Lipinski definition) is 3. The molecule has 2 atom stereocenters. The van der Waals surface area contributed by atoms with Gasteiger partial charge in [-0.3, -0.25) is 14.5 Å². The van der Waals surface area contributed by atoms with Crippen molar-refractivity contribution in [2.45, 2.75) is 38.8 Å². The van der Waals surface area contributed by atoms with Gasteiger partial charge in [0.1, 0.15) is 0 Å². The van der Waals surface area contributed by atoms with Crippen LogP contribution in [-0.2, 0) is 9.59 Å². The first-order chi connectivity index (χ1) is 7.47. The summed E-state index contributed by atoms with van der Waals surface area (Å²) in [5, 5.41) is 8.84. The van der Waals surface area contributed by atoms with Crippen molar-refractivity contribution in [3.63, 3.8) is 0 Å². The molecule has 16 heavy (non-hydrogen) atoms. The molecule has 0 aromatic heterocycles. The first kappa shape index (κ1) is 13.0. The lowest BCUT2D eigenvalue weighted by molar-refractivity contribution is -0.144. The molecule has 0 aromatic carbocycles. The smallest absolute Gasteiger partial charge is 0.305 e. The lowest BCUT2D eigenvalue weighted by atomic mass is 10.1. The second-order valence-electron chi connectivity index (χ2n) is 4.33. The van der Waals surface area contributed by atoms with Crippen molar-refractivity contribution >= 4 is 11.9 Å². The van der Waals surface area contributed by atoms with Crippen molar-refractivity contribution in [2.75, 3.05) is 20.1 Å². The average molecular weight is 228 g/mol. The zero-order valence-corrected chi connectivity index (χ0v) is 10.1. The summed E-state index contributed by atoms with van der Waals surface area (Å²) in [4.78, 5) is 26.5. The Bertz CT molecular complexity index is 280. The number of rotatable bonds is 3. The highest BCUT2D eigenvalue weighted by atomic mass is 16.4. The summed E-state index contributed by atoms with van der Waals surface area (Å²) in [6.07, 6.45) is 0.780. The Labute approximate surface area is 96.0 Å². The SMILES string of the molecule is CCN1CCC(C)N(C)C(CC(=O)O)C1=O. The Morgan fingerprint density at radius 1 is 1.56 bits per heavy atom. The summed E-state index contributed by atoms with van der Waals surface area (Å²) in [6.45, 7) is 5.32. The van der Waals surface area contributed by atoms with Gasteiger partial charge < -0.3 is 10.0 Å². The van der Waals surface area contributed by atoms with Gasteiger partial charge in [0.2, 0.25) is 5.91 Å². The van der Waals surface area contributed by atoms with Crippen LogP contribution in [0, 0.1) is 0 Å². The third-order valence-corrected chi connectivity index (χ3v) is 3.35. The molecule has 0 aromatic rings. The van der Waals surface area contributed by atoms with E-state index in [1.165, 1.54) is 0 Å². The molecule has 1 aliphatic rings. The molecule has 0 saturated carbocycles. The fraction of sp³-hybridized carbons (Fsp3) is 0.818. The largest absolute Gasteiger partial charge is 0.481 e. The van der Waals surface area contributed by atoms with Crippen molar-refractivity contribution < 1.29 is 14.7 Å². The van der Waals surface area contributed by atoms with Crippen LogP contribution >= 0.6 is 0 Å². The van der Waals surface area contributed by atoms with E-state index >= 15 is 0 Å². The van der Waals surface area contributed by atoms with E-state index in [1.807, 2.05) is 25.8 Å². The minimum atomic E-state index is -0.921. The minimum Gasteiger partial charge on any atom is -0.481 e. The van der Waals surface area contributed by atoms with Crippen LogP contribution in [0.3, 0.4) is 0 Å². The number of amides is 1. The van der Waals surface area contributed by atoms with Gasteiger partial charge in [0.25, 0.3) is 0 Å². The van der Waals surface area contributed by atoms with Gasteiger partial charge in [0.05, 0.1) is 12.5 Å². The molecule has 0 aliphatic carbocycles. The first-order valence-electron chi connectivity index (χ1n) is 5.69. The molecule has 1 heterocycles. The van der Waals surface area contributed by atoms with Crippen LogP contribution in [0.2, 0.25) is 0 Å². The fourth-order valence-electron chi connectivity index (χ4n) is 2.06. The van der Waals surface area contributed by atoms with E-state index in [1.54, 1.807) is 4.90 Å². The van der Waals surface area contributed by atoms with Gasteiger partial charge in [-0.2, -0.15) is 0 Å². The molecule has 0 bridgehead atoms. The number of aliphatic carboxylic acids is 1. The zero-order valence-electron chi connectivity index (χ0n) is 10.1. The van der Waals surface area contributed by atoms with Gasteiger partial charge >= 0.3 is 5.97 Å². The van der Waals surface area contributed by atoms with Crippen LogP contribution in [-0.4, -0.2) is 59.0 Å². The number of nitrogens with zero attached hydrogens (tertiary/aromatic N) is 2. The summed E-state index contributed by atoms with van der Waals surface area (Å²) in [7, 11) is 1.83. The molecule has 0 spiro atoms. The number of carboxylic acid groups (broad SMARTS) is 1. The number of carbonyl (C=O) groups excluding carboxylic acids is 1. The number of carboxylic acids is 1. The maximum atomic E-state index is 12.1. The molecule has 5 heteroatoms. The van der Waals surface area contributed by atoms with E-state index in [4.69, 9.17) is 5.11 Å². The highest BCUT2D eigenvalue weighted by Crippen LogP contribution is 2.17. The van der Waals surface area contributed by atoms with E-state index in [9.17, 15) is 9.59 Å². The molecule has 5 nitrogen and oxygen atoms in total. The average Bonchev–Trinajstić information content (AvgIpc) is 2.32. The Kier molecular flexibility index (Phi) is 4.29. The van der Waals surface area contributed by atoms with Crippen LogP contribution < -0.4 is 0 Å². The van der Waals surface area contributed by atoms with Crippen molar-refractivity contribution in [3.8, 4) is 0 Å². The topological polar surface area (TPSA) is 60.9 Å². The Balaban J connectivity index is 2.87. The van der Waals surface area contributed by atoms with Crippen molar-refractivity contribution in [1.82, 2.24) is 9.80 Å². The second kappa shape index (κ2) is 5.30. The van der Waals surface area contributed by atoms with E-state index in [-0.39, 0.29) is 18.4 Å². The van der Waals surface area contributed by atoms with E-state index in [2.05, 4.69) is 0 Å². The van der Waals surface area contributed by atoms with Crippen molar-refractivity contribution in [2.24, 2.45) is 0 Å². The van der Waals surface area contributed by atoms with Gasteiger partial charge in [0, 0.05) is 19.1 Å². The normalized spacial score (nSPS) is 27.9. The maximum Gasteiger partial charge on any atom is 0.305 e. The summed E-state index contributed by atoms with van der Waals surface area (Å²) < 4.78 is 0. The third kappa shape index (κ3) is 2.72. The molecule has 1 saturated heterocycles. The molecular weight excluding hydrogens is 208 g/mol. The molecule has 1 rings (SSSR count). The highest BCUT2D eigenvalue weighted by molar-refractivity contribution is 5.86. The summed E-state index contributed by atoms with van der Waals surface area (Å²) in [6, 6.07) is -0.278. The predicted octanol–water partition coefficient (Wildman–Crippen LogP) is 0.402. The Morgan fingerprint density at radius 2 is 2.19 bits per heavy atom. The van der Waals surface area contributed by atoms with Gasteiger partial charge in [-0.15, -0.1) is 0 Å². The van der Waals surface area contributed by atoms with Crippen LogP contribution in [0.15, 0.2) is 0 Å². The molecule has 1 fully saturated rings. The maximum absolute atomic E-state index is 12.1. The van der Waals surface area contributed by atoms with Gasteiger partial charge in [-0.25, -0.2) is 0 Å². The lowest BCUT2D eigenvalue weighted by Crippen LogP contribution is -2.47. The van der Waals surface area contributed by atoms with E-state index in [0.29, 0.717) is 6.54 Å². The minimum absolute atomic E-state index is 0.0586. The summed E-state index contributed by atoms with van der Waals surface area (Å²) >= 11 is 0. The Hall–Kier alpha value is -1.10. The standard InChI is InChI=1S/C11H20N2O3/c1-4-13-6-5-8(2)12(3)9(11(13)16)7-10(14)15/h8-9H,4-7H2,1-3H3,(H,14,15). The first-order valence-corrected chi connectivity index (χ1v) is 5.69. The van der Waals surface area contributed by atoms with Crippen molar-refractivity contribution in [1.29, 1.82) is 0 Å². The third-order valence-electron chi connectivity index (χ3n) is 3.35. The highest BCUT2D eigenvalue weighted by Gasteiger charge is 2.34. The van der Waals surface area contributed by atoms with Crippen LogP contribution in [0.4, 0.5) is 0 Å². The van der Waals surface area contributed by atoms with E-state index < -0.39 is 12.0 Å². The number of carbonyl (C=O) groups is 2. The molecule has 0 radical (unpaired) electrons. The van der Waals surface area contributed by atoms with Crippen LogP contribution in [0.1, 0.15) is 26.7 Å². The second-order valence-corrected chi connectivity index (χ2v) is 4.33. The molecule has 2 unspecified atom stereocenters. The van der Waals surface area contributed by atoms with Crippen LogP contribution in [0.5, 0.6) is 0 Å². The fourth-order valence-corrected chi connectivity index (χ4v) is 2.06. The molecule has 92 valence electrons. The Morgan fingerprint density at radius 3 is 2.69 bits per heavy atom. The molecule has 1 amide bonds. The molecule has 1 N–H and O–H groups in total. The zero-order chi connectivity index (χ0) is 12.3. The van der Waals surface area contributed by atoms with Gasteiger partial charge in [-0.1, -0.05) is 0 Å². The molecular formula is C11H20N2O3. The summed E-state index contributed by atoms with van der Waals surface area (Å²) in [5.74, 6) is -0.980. The van der Waals surface area contributed by atoms with Crippen molar-refractivity contribution in [3.05, 3.63) is 0 Å². The van der Waals surface area contributed by atoms with Gasteiger partial charge in [-0.05, 0) is 27.3 Å². The quantitative estimate of drug-likeness (QED) is 0.759. The predicted molar refractivity (Wildman–Crippen MR) is 60.1 cm³/mol.